The van der Waals surface area contributed by atoms with Crippen LogP contribution in [0.3, 0.4) is 0 Å². The summed E-state index contributed by atoms with van der Waals surface area (Å²) in [6, 6.07) is 14.8. The summed E-state index contributed by atoms with van der Waals surface area (Å²) in [4.78, 5) is 33.0. The van der Waals surface area contributed by atoms with Crippen LogP contribution in [0.1, 0.15) is 17.0 Å². The lowest BCUT2D eigenvalue weighted by Crippen LogP contribution is -2.46. The molecule has 0 radical (unpaired) electrons. The van der Waals surface area contributed by atoms with Crippen molar-refractivity contribution in [3.05, 3.63) is 59.5 Å². The molecule has 4 rings (SSSR count). The molecule has 0 bridgehead atoms. The lowest BCUT2D eigenvalue weighted by Gasteiger charge is -2.36. The van der Waals surface area contributed by atoms with Crippen LogP contribution in [-0.4, -0.2) is 47.3 Å². The smallest absolute Gasteiger partial charge is 0.368 e. The molecule has 0 atom stereocenters. The van der Waals surface area contributed by atoms with Crippen LogP contribution in [0.4, 0.5) is 11.5 Å². The SMILES string of the molecule is Cc1ccc(N2CCN(c3ccc(-c4nc(C#N)c(C)[nH]4)cn3)CC2)cc1.O=C=O. The Bertz CT molecular complexity index is 1050. The largest absolute Gasteiger partial charge is 0.373 e. The quantitative estimate of drug-likeness (QED) is 0.718. The van der Waals surface area contributed by atoms with E-state index in [9.17, 15) is 0 Å². The van der Waals surface area contributed by atoms with Crippen molar-refractivity contribution in [3.8, 4) is 17.5 Å². The zero-order valence-corrected chi connectivity index (χ0v) is 16.9. The van der Waals surface area contributed by atoms with Crippen LogP contribution in [0.15, 0.2) is 42.6 Å². The van der Waals surface area contributed by atoms with E-state index in [-0.39, 0.29) is 6.15 Å². The summed E-state index contributed by atoms with van der Waals surface area (Å²) in [5.41, 5.74) is 4.67. The molecule has 0 saturated carbocycles. The van der Waals surface area contributed by atoms with E-state index < -0.39 is 0 Å². The van der Waals surface area contributed by atoms with E-state index in [1.165, 1.54) is 11.3 Å². The molecule has 1 N–H and O–H groups in total. The number of piperazine rings is 1. The van der Waals surface area contributed by atoms with Gasteiger partial charge in [-0.2, -0.15) is 14.9 Å². The fraction of sp³-hybridized carbons (Fsp3) is 0.273. The molecule has 1 fully saturated rings. The number of imidazole rings is 1. The number of carbonyl (C=O) groups excluding carboxylic acids is 2. The normalized spacial score (nSPS) is 13.1. The summed E-state index contributed by atoms with van der Waals surface area (Å²) in [7, 11) is 0. The van der Waals surface area contributed by atoms with Gasteiger partial charge in [0.25, 0.3) is 0 Å². The molecular weight excluding hydrogens is 380 g/mol. The molecule has 0 amide bonds. The molecule has 1 aromatic carbocycles. The second kappa shape index (κ2) is 9.50. The highest BCUT2D eigenvalue weighted by molar-refractivity contribution is 5.58. The summed E-state index contributed by atoms with van der Waals surface area (Å²) in [5, 5.41) is 9.05. The van der Waals surface area contributed by atoms with Gasteiger partial charge in [0.1, 0.15) is 17.7 Å². The van der Waals surface area contributed by atoms with Crippen LogP contribution in [0.25, 0.3) is 11.4 Å². The van der Waals surface area contributed by atoms with Gasteiger partial charge in [-0.3, -0.25) is 0 Å². The first kappa shape index (κ1) is 20.8. The highest BCUT2D eigenvalue weighted by Gasteiger charge is 2.18. The molecule has 3 heterocycles. The third-order valence-corrected chi connectivity index (χ3v) is 5.01. The van der Waals surface area contributed by atoms with Gasteiger partial charge in [-0.15, -0.1) is 0 Å². The van der Waals surface area contributed by atoms with Crippen LogP contribution in [0.5, 0.6) is 0 Å². The number of pyridine rings is 1. The minimum atomic E-state index is 0.250. The van der Waals surface area contributed by atoms with Crippen molar-refractivity contribution < 1.29 is 9.59 Å². The standard InChI is InChI=1S/C21H22N6.CO2/c1-15-3-6-18(7-4-15)26-9-11-27(12-10-26)20-8-5-17(14-23-20)21-24-16(2)19(13-22)25-21;2-1-3/h3-8,14H,9-12H2,1-2H3,(H,24,25);. The average molecular weight is 402 g/mol. The predicted molar refractivity (Wildman–Crippen MR) is 112 cm³/mol. The number of H-pyrrole nitrogens is 1. The van der Waals surface area contributed by atoms with Crippen LogP contribution in [-0.2, 0) is 9.59 Å². The number of aromatic amines is 1. The number of hydrogen-bond acceptors (Lipinski definition) is 7. The van der Waals surface area contributed by atoms with E-state index >= 15 is 0 Å². The van der Waals surface area contributed by atoms with Crippen LogP contribution < -0.4 is 9.80 Å². The van der Waals surface area contributed by atoms with Crippen molar-refractivity contribution in [2.75, 3.05) is 36.0 Å². The first-order valence-electron chi connectivity index (χ1n) is 9.54. The molecule has 1 aliphatic rings. The minimum absolute atomic E-state index is 0.250. The number of benzene rings is 1. The maximum absolute atomic E-state index is 9.05. The van der Waals surface area contributed by atoms with Crippen molar-refractivity contribution in [1.29, 1.82) is 5.26 Å². The van der Waals surface area contributed by atoms with Gasteiger partial charge in [0.2, 0.25) is 0 Å². The molecule has 1 saturated heterocycles. The number of nitrogens with one attached hydrogen (secondary N) is 1. The Morgan fingerprint density at radius 3 is 2.13 bits per heavy atom. The van der Waals surface area contributed by atoms with Crippen LogP contribution in [0, 0.1) is 25.2 Å². The zero-order chi connectivity index (χ0) is 21.5. The molecule has 0 aliphatic carbocycles. The number of nitriles is 1. The molecule has 3 aromatic rings. The Morgan fingerprint density at radius 1 is 0.967 bits per heavy atom. The van der Waals surface area contributed by atoms with E-state index in [4.69, 9.17) is 14.9 Å². The maximum atomic E-state index is 9.05. The van der Waals surface area contributed by atoms with Gasteiger partial charge in [-0.25, -0.2) is 9.97 Å². The molecule has 0 spiro atoms. The Morgan fingerprint density at radius 2 is 1.60 bits per heavy atom. The van der Waals surface area contributed by atoms with Gasteiger partial charge in [-0.1, -0.05) is 17.7 Å². The summed E-state index contributed by atoms with van der Waals surface area (Å²) in [6.07, 6.45) is 2.07. The maximum Gasteiger partial charge on any atom is 0.373 e. The number of anilines is 2. The average Bonchev–Trinajstić information content (AvgIpc) is 3.16. The summed E-state index contributed by atoms with van der Waals surface area (Å²) in [5.74, 6) is 1.67. The topological polar surface area (TPSA) is 106 Å². The molecule has 8 heteroatoms. The third kappa shape index (κ3) is 4.72. The molecule has 30 heavy (non-hydrogen) atoms. The van der Waals surface area contributed by atoms with Crippen molar-refractivity contribution in [1.82, 2.24) is 15.0 Å². The molecule has 8 nitrogen and oxygen atoms in total. The summed E-state index contributed by atoms with van der Waals surface area (Å²) >= 11 is 0. The van der Waals surface area contributed by atoms with E-state index in [1.54, 1.807) is 0 Å². The first-order chi connectivity index (χ1) is 14.5. The highest BCUT2D eigenvalue weighted by atomic mass is 16.2. The van der Waals surface area contributed by atoms with Crippen molar-refractivity contribution in [2.24, 2.45) is 0 Å². The Hall–Kier alpha value is -3.95. The van der Waals surface area contributed by atoms with Crippen molar-refractivity contribution >= 4 is 17.7 Å². The second-order valence-electron chi connectivity index (χ2n) is 6.97. The lowest BCUT2D eigenvalue weighted by molar-refractivity contribution is -0.191. The van der Waals surface area contributed by atoms with Gasteiger partial charge in [0.15, 0.2) is 5.69 Å². The van der Waals surface area contributed by atoms with Crippen LogP contribution >= 0.6 is 0 Å². The Labute approximate surface area is 174 Å². The molecule has 0 unspecified atom stereocenters. The van der Waals surface area contributed by atoms with Gasteiger partial charge >= 0.3 is 6.15 Å². The molecule has 2 aromatic heterocycles. The minimum Gasteiger partial charge on any atom is -0.368 e. The first-order valence-corrected chi connectivity index (χ1v) is 9.54. The van der Waals surface area contributed by atoms with Crippen molar-refractivity contribution in [3.63, 3.8) is 0 Å². The molecule has 152 valence electrons. The summed E-state index contributed by atoms with van der Waals surface area (Å²) in [6.45, 7) is 7.81. The molecular formula is C22H22N6O2. The van der Waals surface area contributed by atoms with Crippen LogP contribution in [0.2, 0.25) is 0 Å². The van der Waals surface area contributed by atoms with E-state index in [0.717, 1.165) is 43.3 Å². The van der Waals surface area contributed by atoms with Crippen molar-refractivity contribution in [2.45, 2.75) is 13.8 Å². The fourth-order valence-electron chi connectivity index (χ4n) is 3.37. The Balaban J connectivity index is 0.000000806. The van der Waals surface area contributed by atoms with Gasteiger partial charge < -0.3 is 14.8 Å². The lowest BCUT2D eigenvalue weighted by atomic mass is 10.2. The number of rotatable bonds is 3. The number of aryl methyl sites for hydroxylation is 2. The predicted octanol–water partition coefficient (Wildman–Crippen LogP) is 2.70. The second-order valence-corrected chi connectivity index (χ2v) is 6.97. The number of hydrogen-bond donors (Lipinski definition) is 1. The van der Waals surface area contributed by atoms with E-state index in [2.05, 4.69) is 62.0 Å². The van der Waals surface area contributed by atoms with Gasteiger partial charge in [-0.05, 0) is 38.1 Å². The monoisotopic (exact) mass is 402 g/mol. The Kier molecular flexibility index (Phi) is 6.58. The fourth-order valence-corrected chi connectivity index (χ4v) is 3.37. The van der Waals surface area contributed by atoms with E-state index in [0.29, 0.717) is 11.5 Å². The number of aromatic nitrogens is 3. The number of nitrogens with zero attached hydrogens (tertiary/aromatic N) is 5. The molecule has 1 aliphatic heterocycles. The van der Waals surface area contributed by atoms with Gasteiger partial charge in [0.05, 0.1) is 5.69 Å². The summed E-state index contributed by atoms with van der Waals surface area (Å²) < 4.78 is 0. The highest BCUT2D eigenvalue weighted by Crippen LogP contribution is 2.22. The zero-order valence-electron chi connectivity index (χ0n) is 16.9. The van der Waals surface area contributed by atoms with E-state index in [1.807, 2.05) is 25.3 Å². The van der Waals surface area contributed by atoms with Gasteiger partial charge in [0, 0.05) is 43.6 Å². The third-order valence-electron chi connectivity index (χ3n) is 5.01.